The van der Waals surface area contributed by atoms with Crippen LogP contribution in [0.5, 0.6) is 0 Å². The molecule has 0 aromatic carbocycles. The van der Waals surface area contributed by atoms with Gasteiger partial charge in [-0.3, -0.25) is 0 Å². The van der Waals surface area contributed by atoms with Gasteiger partial charge in [-0.05, 0) is 14.1 Å². The van der Waals surface area contributed by atoms with Gasteiger partial charge >= 0.3 is 0 Å². The average molecular weight is 210 g/mol. The maximum Gasteiger partial charge on any atom is 0.136 e. The lowest BCUT2D eigenvalue weighted by molar-refractivity contribution is -0.0251. The Morgan fingerprint density at radius 3 is 3.33 bits per heavy atom. The molecule has 2 N–H and O–H groups in total. The quantitative estimate of drug-likeness (QED) is 0.744. The summed E-state index contributed by atoms with van der Waals surface area (Å²) >= 11 is 0. The van der Waals surface area contributed by atoms with Gasteiger partial charge in [0.1, 0.15) is 11.9 Å². The minimum absolute atomic E-state index is 0.0920. The SMILES string of the molecule is CNCc1cnc(C2CN(C)CCO2)[nH]1. The molecule has 5 heteroatoms. The Balaban J connectivity index is 2.01. The van der Waals surface area contributed by atoms with Crippen LogP contribution in [0.1, 0.15) is 17.6 Å². The number of nitrogens with one attached hydrogen (secondary N) is 2. The first kappa shape index (κ1) is 10.6. The van der Waals surface area contributed by atoms with Crippen molar-refractivity contribution in [2.45, 2.75) is 12.6 Å². The molecule has 1 aliphatic rings. The largest absolute Gasteiger partial charge is 0.368 e. The first-order valence-corrected chi connectivity index (χ1v) is 5.28. The second-order valence-electron chi connectivity index (χ2n) is 3.95. The second kappa shape index (κ2) is 4.74. The molecule has 15 heavy (non-hydrogen) atoms. The van der Waals surface area contributed by atoms with E-state index in [-0.39, 0.29) is 6.10 Å². The fraction of sp³-hybridized carbons (Fsp3) is 0.700. The minimum atomic E-state index is 0.0920. The van der Waals surface area contributed by atoms with E-state index >= 15 is 0 Å². The third kappa shape index (κ3) is 2.56. The van der Waals surface area contributed by atoms with E-state index in [1.807, 2.05) is 13.2 Å². The fourth-order valence-corrected chi connectivity index (χ4v) is 1.76. The summed E-state index contributed by atoms with van der Waals surface area (Å²) in [7, 11) is 4.03. The maximum atomic E-state index is 5.67. The Morgan fingerprint density at radius 2 is 2.60 bits per heavy atom. The summed E-state index contributed by atoms with van der Waals surface area (Å²) in [4.78, 5) is 9.88. The van der Waals surface area contributed by atoms with Gasteiger partial charge < -0.3 is 19.9 Å². The number of imidazole rings is 1. The highest BCUT2D eigenvalue weighted by Gasteiger charge is 2.21. The summed E-state index contributed by atoms with van der Waals surface area (Å²) in [6.07, 6.45) is 1.96. The molecular weight excluding hydrogens is 192 g/mol. The van der Waals surface area contributed by atoms with Crippen LogP contribution in [-0.2, 0) is 11.3 Å². The molecule has 1 unspecified atom stereocenters. The summed E-state index contributed by atoms with van der Waals surface area (Å²) in [5.41, 5.74) is 1.10. The number of ether oxygens (including phenoxy) is 1. The molecule has 1 atom stereocenters. The zero-order valence-electron chi connectivity index (χ0n) is 9.29. The van der Waals surface area contributed by atoms with Crippen molar-refractivity contribution in [3.8, 4) is 0 Å². The lowest BCUT2D eigenvalue weighted by atomic mass is 10.3. The zero-order valence-corrected chi connectivity index (χ0v) is 9.29. The van der Waals surface area contributed by atoms with Crippen LogP contribution in [0.2, 0.25) is 0 Å². The van der Waals surface area contributed by atoms with E-state index in [4.69, 9.17) is 4.74 Å². The third-order valence-electron chi connectivity index (χ3n) is 2.59. The predicted molar refractivity (Wildman–Crippen MR) is 57.5 cm³/mol. The van der Waals surface area contributed by atoms with Crippen molar-refractivity contribution in [1.29, 1.82) is 0 Å². The van der Waals surface area contributed by atoms with Crippen LogP contribution in [0.25, 0.3) is 0 Å². The van der Waals surface area contributed by atoms with E-state index in [1.165, 1.54) is 0 Å². The van der Waals surface area contributed by atoms with Gasteiger partial charge in [0.25, 0.3) is 0 Å². The van der Waals surface area contributed by atoms with Crippen LogP contribution in [-0.4, -0.2) is 48.7 Å². The highest BCUT2D eigenvalue weighted by Crippen LogP contribution is 2.18. The van der Waals surface area contributed by atoms with E-state index in [0.29, 0.717) is 0 Å². The number of morpholine rings is 1. The van der Waals surface area contributed by atoms with Gasteiger partial charge in [0.15, 0.2) is 0 Å². The van der Waals surface area contributed by atoms with Crippen molar-refractivity contribution < 1.29 is 4.74 Å². The normalized spacial score (nSPS) is 23.2. The summed E-state index contributed by atoms with van der Waals surface area (Å²) in [5.74, 6) is 0.937. The van der Waals surface area contributed by atoms with E-state index < -0.39 is 0 Å². The van der Waals surface area contributed by atoms with Crippen LogP contribution < -0.4 is 5.32 Å². The van der Waals surface area contributed by atoms with Crippen molar-refractivity contribution in [3.63, 3.8) is 0 Å². The third-order valence-corrected chi connectivity index (χ3v) is 2.59. The van der Waals surface area contributed by atoms with E-state index in [0.717, 1.165) is 37.8 Å². The van der Waals surface area contributed by atoms with Crippen LogP contribution in [0.15, 0.2) is 6.20 Å². The fourth-order valence-electron chi connectivity index (χ4n) is 1.76. The summed E-state index contributed by atoms with van der Waals surface area (Å²) in [6.45, 7) is 3.51. The Morgan fingerprint density at radius 1 is 1.73 bits per heavy atom. The van der Waals surface area contributed by atoms with Gasteiger partial charge in [-0.2, -0.15) is 0 Å². The van der Waals surface area contributed by atoms with Crippen LogP contribution >= 0.6 is 0 Å². The van der Waals surface area contributed by atoms with Gasteiger partial charge in [0, 0.05) is 31.5 Å². The van der Waals surface area contributed by atoms with Crippen molar-refractivity contribution in [2.24, 2.45) is 0 Å². The standard InChI is InChI=1S/C10H18N4O/c1-11-5-8-6-12-10(13-8)9-7-14(2)3-4-15-9/h6,9,11H,3-5,7H2,1-2H3,(H,12,13). The Hall–Kier alpha value is -0.910. The molecule has 5 nitrogen and oxygen atoms in total. The van der Waals surface area contributed by atoms with Crippen molar-refractivity contribution in [2.75, 3.05) is 33.8 Å². The summed E-state index contributed by atoms with van der Waals surface area (Å²) in [6, 6.07) is 0. The lowest BCUT2D eigenvalue weighted by Gasteiger charge is -2.28. The van der Waals surface area contributed by atoms with Gasteiger partial charge in [0.2, 0.25) is 0 Å². The Bertz CT molecular complexity index is 312. The summed E-state index contributed by atoms with van der Waals surface area (Å²) < 4.78 is 5.67. The number of aromatic nitrogens is 2. The van der Waals surface area contributed by atoms with Crippen LogP contribution in [0, 0.1) is 0 Å². The highest BCUT2D eigenvalue weighted by molar-refractivity contribution is 5.04. The lowest BCUT2D eigenvalue weighted by Crippen LogP contribution is -2.35. The number of nitrogens with zero attached hydrogens (tertiary/aromatic N) is 2. The molecule has 0 amide bonds. The monoisotopic (exact) mass is 210 g/mol. The summed E-state index contributed by atoms with van der Waals surface area (Å²) in [5, 5.41) is 3.09. The maximum absolute atomic E-state index is 5.67. The smallest absolute Gasteiger partial charge is 0.136 e. The predicted octanol–water partition coefficient (Wildman–Crippen LogP) is 0.132. The van der Waals surface area contributed by atoms with Gasteiger partial charge in [-0.15, -0.1) is 0 Å². The Kier molecular flexibility index (Phi) is 3.35. The number of hydrogen-bond donors (Lipinski definition) is 2. The van der Waals surface area contributed by atoms with E-state index in [1.54, 1.807) is 0 Å². The zero-order chi connectivity index (χ0) is 10.7. The van der Waals surface area contributed by atoms with Gasteiger partial charge in [0.05, 0.1) is 6.61 Å². The molecule has 0 spiro atoms. The first-order valence-electron chi connectivity index (χ1n) is 5.28. The van der Waals surface area contributed by atoms with E-state index in [9.17, 15) is 0 Å². The molecule has 1 aromatic heterocycles. The van der Waals surface area contributed by atoms with Crippen LogP contribution in [0.4, 0.5) is 0 Å². The molecule has 0 saturated carbocycles. The second-order valence-corrected chi connectivity index (χ2v) is 3.95. The van der Waals surface area contributed by atoms with Crippen molar-refractivity contribution in [1.82, 2.24) is 20.2 Å². The van der Waals surface area contributed by atoms with Crippen molar-refractivity contribution >= 4 is 0 Å². The molecule has 2 heterocycles. The molecule has 1 aromatic rings. The topological polar surface area (TPSA) is 53.2 Å². The molecule has 1 aliphatic heterocycles. The molecule has 1 fully saturated rings. The minimum Gasteiger partial charge on any atom is -0.368 e. The number of aromatic amines is 1. The average Bonchev–Trinajstić information content (AvgIpc) is 2.67. The van der Waals surface area contributed by atoms with Crippen LogP contribution in [0.3, 0.4) is 0 Å². The first-order chi connectivity index (χ1) is 7.29. The molecule has 0 aliphatic carbocycles. The van der Waals surface area contributed by atoms with Gasteiger partial charge in [-0.25, -0.2) is 4.98 Å². The number of rotatable bonds is 3. The molecule has 0 bridgehead atoms. The Labute approximate surface area is 89.8 Å². The molecule has 0 radical (unpaired) electrons. The molecule has 84 valence electrons. The molecule has 1 saturated heterocycles. The number of likely N-dealkylation sites (N-methyl/N-ethyl adjacent to an activating group) is 1. The highest BCUT2D eigenvalue weighted by atomic mass is 16.5. The number of hydrogen-bond acceptors (Lipinski definition) is 4. The molecular formula is C10H18N4O. The number of H-pyrrole nitrogens is 1. The van der Waals surface area contributed by atoms with Gasteiger partial charge in [-0.1, -0.05) is 0 Å². The molecule has 2 rings (SSSR count). The van der Waals surface area contributed by atoms with Crippen molar-refractivity contribution in [3.05, 3.63) is 17.7 Å². The van der Waals surface area contributed by atoms with E-state index in [2.05, 4.69) is 27.2 Å².